The number of halogens is 5. The first kappa shape index (κ1) is 26.4. The molecule has 0 saturated heterocycles. The minimum absolute atomic E-state index is 0.0391. The summed E-state index contributed by atoms with van der Waals surface area (Å²) in [5.74, 6) is -2.78. The Balaban J connectivity index is 1.82. The summed E-state index contributed by atoms with van der Waals surface area (Å²) in [6.07, 6.45) is -5.66. The van der Waals surface area contributed by atoms with Crippen molar-refractivity contribution >= 4 is 21.7 Å². The van der Waals surface area contributed by atoms with Crippen molar-refractivity contribution in [3.8, 4) is 16.9 Å². The lowest BCUT2D eigenvalue weighted by molar-refractivity contribution is -0.141. The van der Waals surface area contributed by atoms with Crippen molar-refractivity contribution in [2.24, 2.45) is 0 Å². The van der Waals surface area contributed by atoms with Gasteiger partial charge in [-0.15, -0.1) is 0 Å². The summed E-state index contributed by atoms with van der Waals surface area (Å²) in [5, 5.41) is 0. The van der Waals surface area contributed by atoms with Crippen LogP contribution < -0.4 is 9.04 Å². The molecule has 0 bridgehead atoms. The molecule has 37 heavy (non-hydrogen) atoms. The number of benzene rings is 3. The first-order valence-electron chi connectivity index (χ1n) is 10.9. The van der Waals surface area contributed by atoms with Crippen molar-refractivity contribution in [3.63, 3.8) is 0 Å². The van der Waals surface area contributed by atoms with Gasteiger partial charge in [-0.3, -0.25) is 9.10 Å². The van der Waals surface area contributed by atoms with Gasteiger partial charge in [0.05, 0.1) is 29.8 Å². The highest BCUT2D eigenvalue weighted by molar-refractivity contribution is 7.92. The first-order chi connectivity index (χ1) is 17.4. The standard InChI is InChI=1S/C25H20F5NO5S/c1-35-23(32)11-9-17-14-31(37(33,34)18-5-2-4-16(13-18)25(28,29)30)21-12-15(8-10-22(21)36-17)19-6-3-7-20(26)24(19)27/h2-8,10,12-13,17H,9,11,14H2,1H3/t17-/m0/s1. The van der Waals surface area contributed by atoms with E-state index < -0.39 is 50.4 Å². The van der Waals surface area contributed by atoms with Gasteiger partial charge in [0.2, 0.25) is 0 Å². The maximum atomic E-state index is 14.5. The topological polar surface area (TPSA) is 72.9 Å². The molecule has 1 atom stereocenters. The van der Waals surface area contributed by atoms with Crippen LogP contribution in [0.25, 0.3) is 11.1 Å². The zero-order valence-corrected chi connectivity index (χ0v) is 20.1. The molecule has 0 saturated carbocycles. The lowest BCUT2D eigenvalue weighted by Gasteiger charge is -2.36. The third-order valence-electron chi connectivity index (χ3n) is 5.80. The van der Waals surface area contributed by atoms with Crippen LogP contribution in [-0.2, 0) is 25.7 Å². The molecule has 1 heterocycles. The average molecular weight is 541 g/mol. The van der Waals surface area contributed by atoms with Gasteiger partial charge in [0.1, 0.15) is 11.9 Å². The highest BCUT2D eigenvalue weighted by Gasteiger charge is 2.37. The van der Waals surface area contributed by atoms with Gasteiger partial charge in [-0.25, -0.2) is 17.2 Å². The number of hydrogen-bond donors (Lipinski definition) is 0. The number of carbonyl (C=O) groups excluding carboxylic acids is 1. The number of ether oxygens (including phenoxy) is 2. The predicted molar refractivity (Wildman–Crippen MR) is 123 cm³/mol. The molecule has 0 unspecified atom stereocenters. The van der Waals surface area contributed by atoms with Crippen molar-refractivity contribution in [1.29, 1.82) is 0 Å². The van der Waals surface area contributed by atoms with E-state index in [1.165, 1.54) is 37.4 Å². The second kappa shape index (κ2) is 10.0. The summed E-state index contributed by atoms with van der Waals surface area (Å²) in [4.78, 5) is 11.0. The minimum atomic E-state index is -4.78. The molecule has 1 aliphatic rings. The Morgan fingerprint density at radius 2 is 1.81 bits per heavy atom. The molecule has 0 fully saturated rings. The van der Waals surface area contributed by atoms with Crippen molar-refractivity contribution < 1.29 is 44.6 Å². The molecule has 3 aromatic carbocycles. The number of fused-ring (bicyclic) bond motifs is 1. The zero-order valence-electron chi connectivity index (χ0n) is 19.3. The van der Waals surface area contributed by atoms with Gasteiger partial charge < -0.3 is 9.47 Å². The van der Waals surface area contributed by atoms with Gasteiger partial charge in [-0.1, -0.05) is 24.3 Å². The van der Waals surface area contributed by atoms with Crippen LogP contribution in [0.1, 0.15) is 18.4 Å². The summed E-state index contributed by atoms with van der Waals surface area (Å²) < 4.78 is 107. The highest BCUT2D eigenvalue weighted by atomic mass is 32.2. The van der Waals surface area contributed by atoms with Crippen LogP contribution in [0.3, 0.4) is 0 Å². The number of alkyl halides is 3. The Hall–Kier alpha value is -3.67. The zero-order chi connectivity index (χ0) is 27.0. The van der Waals surface area contributed by atoms with Crippen molar-refractivity contribution in [2.45, 2.75) is 30.0 Å². The highest BCUT2D eigenvalue weighted by Crippen LogP contribution is 2.41. The Kier molecular flexibility index (Phi) is 7.13. The number of anilines is 1. The molecular formula is C25H20F5NO5S. The molecular weight excluding hydrogens is 521 g/mol. The molecule has 3 aromatic rings. The van der Waals surface area contributed by atoms with Crippen molar-refractivity contribution in [3.05, 3.63) is 77.9 Å². The smallest absolute Gasteiger partial charge is 0.416 e. The van der Waals surface area contributed by atoms with Crippen molar-refractivity contribution in [2.75, 3.05) is 18.0 Å². The van der Waals surface area contributed by atoms with E-state index in [4.69, 9.17) is 4.74 Å². The fourth-order valence-electron chi connectivity index (χ4n) is 3.93. The molecule has 1 aliphatic heterocycles. The van der Waals surface area contributed by atoms with Crippen LogP contribution in [0.5, 0.6) is 5.75 Å². The Labute approximate surface area is 209 Å². The van der Waals surface area contributed by atoms with E-state index in [9.17, 15) is 35.2 Å². The number of esters is 1. The van der Waals surface area contributed by atoms with Crippen molar-refractivity contribution in [1.82, 2.24) is 0 Å². The number of carbonyl (C=O) groups is 1. The van der Waals surface area contributed by atoms with Gasteiger partial charge in [0.25, 0.3) is 10.0 Å². The number of rotatable bonds is 6. The van der Waals surface area contributed by atoms with Gasteiger partial charge in [-0.2, -0.15) is 13.2 Å². The molecule has 196 valence electrons. The molecule has 0 aliphatic carbocycles. The number of nitrogens with zero attached hydrogens (tertiary/aromatic N) is 1. The minimum Gasteiger partial charge on any atom is -0.486 e. The molecule has 0 spiro atoms. The number of methoxy groups -OCH3 is 1. The van der Waals surface area contributed by atoms with E-state index in [1.807, 2.05) is 0 Å². The normalized spacial score (nSPS) is 15.6. The lowest BCUT2D eigenvalue weighted by atomic mass is 10.0. The first-order valence-corrected chi connectivity index (χ1v) is 12.4. The number of sulfonamides is 1. The summed E-state index contributed by atoms with van der Waals surface area (Å²) >= 11 is 0. The fourth-order valence-corrected chi connectivity index (χ4v) is 5.47. The average Bonchev–Trinajstić information content (AvgIpc) is 2.87. The van der Waals surface area contributed by atoms with Crippen LogP contribution >= 0.6 is 0 Å². The van der Waals surface area contributed by atoms with E-state index in [0.717, 1.165) is 28.6 Å². The third-order valence-corrected chi connectivity index (χ3v) is 7.58. The Morgan fingerprint density at radius 1 is 1.08 bits per heavy atom. The second-order valence-corrected chi connectivity index (χ2v) is 10.1. The van der Waals surface area contributed by atoms with Gasteiger partial charge in [0, 0.05) is 12.0 Å². The summed E-state index contributed by atoms with van der Waals surface area (Å²) in [7, 11) is -3.39. The maximum absolute atomic E-state index is 14.5. The molecule has 0 N–H and O–H groups in total. The maximum Gasteiger partial charge on any atom is 0.416 e. The van der Waals surface area contributed by atoms with Crippen LogP contribution in [-0.4, -0.2) is 34.1 Å². The van der Waals surface area contributed by atoms with Gasteiger partial charge in [0.15, 0.2) is 11.6 Å². The molecule has 6 nitrogen and oxygen atoms in total. The molecule has 12 heteroatoms. The van der Waals surface area contributed by atoms with Gasteiger partial charge >= 0.3 is 12.1 Å². The third kappa shape index (κ3) is 5.38. The van der Waals surface area contributed by atoms with Crippen LogP contribution in [0, 0.1) is 11.6 Å². The Bertz CT molecular complexity index is 1440. The fraction of sp³-hybridized carbons (Fsp3) is 0.240. The lowest BCUT2D eigenvalue weighted by Crippen LogP contribution is -2.43. The van der Waals surface area contributed by atoms with E-state index in [0.29, 0.717) is 6.07 Å². The van der Waals surface area contributed by atoms with E-state index in [1.54, 1.807) is 0 Å². The number of hydrogen-bond acceptors (Lipinski definition) is 5. The van der Waals surface area contributed by atoms with Crippen LogP contribution in [0.4, 0.5) is 27.6 Å². The Morgan fingerprint density at radius 3 is 2.51 bits per heavy atom. The summed E-state index contributed by atoms with van der Waals surface area (Å²) in [5.41, 5.74) is -1.25. The molecule has 0 radical (unpaired) electrons. The monoisotopic (exact) mass is 541 g/mol. The second-order valence-electron chi connectivity index (χ2n) is 8.20. The van der Waals surface area contributed by atoms with Crippen LogP contribution in [0.15, 0.2) is 65.6 Å². The van der Waals surface area contributed by atoms with Gasteiger partial charge in [-0.05, 0) is 48.4 Å². The summed E-state index contributed by atoms with van der Waals surface area (Å²) in [6, 6.07) is 10.8. The largest absolute Gasteiger partial charge is 0.486 e. The SMILES string of the molecule is COC(=O)CC[C@H]1CN(S(=O)(=O)c2cccc(C(F)(F)F)c2)c2cc(-c3cccc(F)c3F)ccc2O1. The molecule has 0 amide bonds. The predicted octanol–water partition coefficient (Wildman–Crippen LogP) is 5.56. The quantitative estimate of drug-likeness (QED) is 0.302. The van der Waals surface area contributed by atoms with E-state index >= 15 is 0 Å². The molecule has 4 rings (SSSR count). The van der Waals surface area contributed by atoms with Crippen LogP contribution in [0.2, 0.25) is 0 Å². The van der Waals surface area contributed by atoms with E-state index in [-0.39, 0.29) is 42.0 Å². The van der Waals surface area contributed by atoms with E-state index in [2.05, 4.69) is 4.74 Å². The molecule has 0 aromatic heterocycles. The summed E-state index contributed by atoms with van der Waals surface area (Å²) in [6.45, 7) is -0.350.